The van der Waals surface area contributed by atoms with Gasteiger partial charge in [-0.1, -0.05) is 11.6 Å². The second-order valence-corrected chi connectivity index (χ2v) is 6.05. The Kier molecular flexibility index (Phi) is 5.46. The van der Waals surface area contributed by atoms with E-state index < -0.39 is 11.6 Å². The van der Waals surface area contributed by atoms with Crippen molar-refractivity contribution >= 4 is 23.2 Å². The van der Waals surface area contributed by atoms with Crippen molar-refractivity contribution in [2.75, 3.05) is 28.4 Å². The van der Waals surface area contributed by atoms with Gasteiger partial charge in [-0.05, 0) is 12.1 Å². The molecule has 0 spiro atoms. The smallest absolute Gasteiger partial charge is 0.234 e. The molecule has 0 heterocycles. The van der Waals surface area contributed by atoms with E-state index in [1.54, 1.807) is 6.07 Å². The minimum atomic E-state index is -0.600. The molecule has 0 N–H and O–H groups in total. The van der Waals surface area contributed by atoms with Gasteiger partial charge in [0.15, 0.2) is 5.76 Å². The molecule has 8 heteroatoms. The first kappa shape index (κ1) is 19.6. The fourth-order valence-corrected chi connectivity index (χ4v) is 3.05. The van der Waals surface area contributed by atoms with E-state index in [0.717, 1.165) is 0 Å². The van der Waals surface area contributed by atoms with Gasteiger partial charge in [0, 0.05) is 18.2 Å². The topological polar surface area (TPSA) is 80.3 Å². The highest BCUT2D eigenvalue weighted by Gasteiger charge is 2.38. The summed E-state index contributed by atoms with van der Waals surface area (Å²) in [4.78, 5) is 26.0. The first-order chi connectivity index (χ1) is 13.4. The summed E-state index contributed by atoms with van der Waals surface area (Å²) < 4.78 is 26.5. The van der Waals surface area contributed by atoms with Gasteiger partial charge in [0.1, 0.15) is 33.8 Å². The monoisotopic (exact) mass is 404 g/mol. The highest BCUT2D eigenvalue weighted by atomic mass is 35.5. The lowest BCUT2D eigenvalue weighted by molar-refractivity contribution is 0.0937. The maximum atomic E-state index is 13.1. The molecule has 1 aliphatic carbocycles. The lowest BCUT2D eigenvalue weighted by atomic mass is 9.91. The summed E-state index contributed by atoms with van der Waals surface area (Å²) in [5.74, 6) is 0.0171. The Balaban J connectivity index is 2.12. The Morgan fingerprint density at radius 1 is 0.679 bits per heavy atom. The number of allylic oxidation sites excluding steroid dienone is 2. The first-order valence-corrected chi connectivity index (χ1v) is 8.48. The van der Waals surface area contributed by atoms with E-state index in [1.165, 1.54) is 52.7 Å². The molecule has 0 amide bonds. The molecule has 0 saturated carbocycles. The van der Waals surface area contributed by atoms with E-state index in [0.29, 0.717) is 11.5 Å². The fraction of sp³-hybridized carbons (Fsp3) is 0.200. The maximum Gasteiger partial charge on any atom is 0.234 e. The molecule has 3 rings (SSSR count). The van der Waals surface area contributed by atoms with Crippen molar-refractivity contribution in [3.8, 4) is 28.7 Å². The number of ketones is 2. The molecule has 0 aromatic heterocycles. The largest absolute Gasteiger partial charge is 0.496 e. The summed E-state index contributed by atoms with van der Waals surface area (Å²) >= 11 is 6.20. The molecule has 1 aliphatic rings. The molecular weight excluding hydrogens is 388 g/mol. The zero-order chi connectivity index (χ0) is 20.4. The minimum absolute atomic E-state index is 0.0288. The second kappa shape index (κ2) is 7.82. The van der Waals surface area contributed by atoms with Crippen LogP contribution in [0.3, 0.4) is 0 Å². The normalized spacial score (nSPS) is 13.2. The number of hydrogen-bond acceptors (Lipinski definition) is 7. The van der Waals surface area contributed by atoms with Gasteiger partial charge in [0.05, 0.1) is 39.6 Å². The Bertz CT molecular complexity index is 972. The molecule has 0 aliphatic heterocycles. The summed E-state index contributed by atoms with van der Waals surface area (Å²) in [6.45, 7) is 0. The number of rotatable bonds is 6. The summed E-state index contributed by atoms with van der Waals surface area (Å²) in [6.07, 6.45) is 0. The van der Waals surface area contributed by atoms with E-state index in [2.05, 4.69) is 0 Å². The van der Waals surface area contributed by atoms with E-state index in [-0.39, 0.29) is 39.2 Å². The quantitative estimate of drug-likeness (QED) is 0.727. The molecule has 0 bridgehead atoms. The van der Waals surface area contributed by atoms with Crippen LogP contribution in [0, 0.1) is 0 Å². The van der Waals surface area contributed by atoms with Crippen molar-refractivity contribution in [1.82, 2.24) is 0 Å². The second-order valence-electron chi connectivity index (χ2n) is 5.67. The molecule has 2 aromatic carbocycles. The van der Waals surface area contributed by atoms with Gasteiger partial charge < -0.3 is 23.7 Å². The summed E-state index contributed by atoms with van der Waals surface area (Å²) in [5, 5.41) is -0.356. The zero-order valence-corrected chi connectivity index (χ0v) is 16.4. The SMILES string of the molecule is COc1cc(OC)cc(OC2=C(Cl)C(=O)c3c(OC)ccc(OC)c3C2=O)c1. The molecule has 146 valence electrons. The van der Waals surface area contributed by atoms with Gasteiger partial charge in [0.25, 0.3) is 0 Å². The van der Waals surface area contributed by atoms with Crippen LogP contribution in [0.15, 0.2) is 41.1 Å². The first-order valence-electron chi connectivity index (χ1n) is 8.10. The van der Waals surface area contributed by atoms with Gasteiger partial charge in [-0.15, -0.1) is 0 Å². The van der Waals surface area contributed by atoms with Crippen LogP contribution in [-0.2, 0) is 0 Å². The maximum absolute atomic E-state index is 13.1. The third-order valence-electron chi connectivity index (χ3n) is 4.17. The minimum Gasteiger partial charge on any atom is -0.496 e. The van der Waals surface area contributed by atoms with E-state index in [1.807, 2.05) is 0 Å². The number of methoxy groups -OCH3 is 4. The molecule has 0 unspecified atom stereocenters. The van der Waals surface area contributed by atoms with E-state index >= 15 is 0 Å². The Morgan fingerprint density at radius 2 is 1.14 bits per heavy atom. The van der Waals surface area contributed by atoms with Crippen LogP contribution < -0.4 is 23.7 Å². The van der Waals surface area contributed by atoms with Gasteiger partial charge >= 0.3 is 0 Å². The predicted molar refractivity (Wildman–Crippen MR) is 101 cm³/mol. The number of hydrogen-bond donors (Lipinski definition) is 0. The molecule has 28 heavy (non-hydrogen) atoms. The average Bonchev–Trinajstić information content (AvgIpc) is 2.73. The number of carbonyl (C=O) groups is 2. The lowest BCUT2D eigenvalue weighted by Crippen LogP contribution is -2.24. The number of Topliss-reactive ketones (excluding diaryl/α,β-unsaturated/α-hetero) is 2. The van der Waals surface area contributed by atoms with Crippen LogP contribution in [0.1, 0.15) is 20.7 Å². The molecular formula is C20H17ClO7. The summed E-state index contributed by atoms with van der Waals surface area (Å²) in [6, 6.07) is 7.78. The van der Waals surface area contributed by atoms with Crippen molar-refractivity contribution in [1.29, 1.82) is 0 Å². The van der Waals surface area contributed by atoms with Crippen LogP contribution in [0.25, 0.3) is 0 Å². The van der Waals surface area contributed by atoms with Crippen molar-refractivity contribution in [3.63, 3.8) is 0 Å². The molecule has 2 aromatic rings. The van der Waals surface area contributed by atoms with Gasteiger partial charge in [-0.3, -0.25) is 9.59 Å². The van der Waals surface area contributed by atoms with Gasteiger partial charge in [0.2, 0.25) is 11.6 Å². The summed E-state index contributed by atoms with van der Waals surface area (Å²) in [5.41, 5.74) is 0.0635. The lowest BCUT2D eigenvalue weighted by Gasteiger charge is -2.22. The van der Waals surface area contributed by atoms with Crippen molar-refractivity contribution in [2.24, 2.45) is 0 Å². The number of carbonyl (C=O) groups excluding carboxylic acids is 2. The summed E-state index contributed by atoms with van der Waals surface area (Å²) in [7, 11) is 5.75. The van der Waals surface area contributed by atoms with Gasteiger partial charge in [-0.25, -0.2) is 0 Å². The van der Waals surface area contributed by atoms with Crippen LogP contribution in [0.4, 0.5) is 0 Å². The Labute approximate surface area is 166 Å². The van der Waals surface area contributed by atoms with Gasteiger partial charge in [-0.2, -0.15) is 0 Å². The number of fused-ring (bicyclic) bond motifs is 1. The van der Waals surface area contributed by atoms with Crippen molar-refractivity contribution in [3.05, 3.63) is 52.3 Å². The zero-order valence-electron chi connectivity index (χ0n) is 15.6. The molecule has 7 nitrogen and oxygen atoms in total. The Morgan fingerprint density at radius 3 is 1.61 bits per heavy atom. The fourth-order valence-electron chi connectivity index (χ4n) is 2.83. The average molecular weight is 405 g/mol. The third kappa shape index (κ3) is 3.25. The number of halogens is 1. The van der Waals surface area contributed by atoms with Crippen molar-refractivity contribution < 1.29 is 33.3 Å². The van der Waals surface area contributed by atoms with Crippen LogP contribution in [0.2, 0.25) is 0 Å². The third-order valence-corrected chi connectivity index (χ3v) is 4.52. The van der Waals surface area contributed by atoms with Crippen LogP contribution in [0.5, 0.6) is 28.7 Å². The Hall–Kier alpha value is -3.19. The predicted octanol–water partition coefficient (Wildman–Crippen LogP) is 3.63. The highest BCUT2D eigenvalue weighted by molar-refractivity contribution is 6.50. The van der Waals surface area contributed by atoms with Crippen LogP contribution >= 0.6 is 11.6 Å². The number of ether oxygens (including phenoxy) is 5. The standard InChI is InChI=1S/C20H17ClO7/c1-24-10-7-11(25-2)9-12(8-10)28-20-17(21)18(22)15-13(26-3)5-6-14(27-4)16(15)19(20)23/h5-9H,1-4H3. The highest BCUT2D eigenvalue weighted by Crippen LogP contribution is 2.40. The molecule has 0 radical (unpaired) electrons. The van der Waals surface area contributed by atoms with E-state index in [4.69, 9.17) is 35.3 Å². The van der Waals surface area contributed by atoms with E-state index in [9.17, 15) is 9.59 Å². The number of benzene rings is 2. The molecule has 0 fully saturated rings. The molecule has 0 atom stereocenters. The van der Waals surface area contributed by atoms with Crippen molar-refractivity contribution in [2.45, 2.75) is 0 Å². The molecule has 0 saturated heterocycles. The van der Waals surface area contributed by atoms with Crippen LogP contribution in [-0.4, -0.2) is 40.0 Å².